The number of benzene rings is 2. The van der Waals surface area contributed by atoms with Gasteiger partial charge in [0.15, 0.2) is 11.9 Å². The van der Waals surface area contributed by atoms with Gasteiger partial charge in [-0.15, -0.1) is 10.2 Å². The Kier molecular flexibility index (Phi) is 5.40. The van der Waals surface area contributed by atoms with Crippen LogP contribution in [0.4, 0.5) is 5.69 Å². The summed E-state index contributed by atoms with van der Waals surface area (Å²) in [5.74, 6) is 0.840. The van der Waals surface area contributed by atoms with Crippen molar-refractivity contribution in [2.45, 2.75) is 20.0 Å². The third-order valence-corrected chi connectivity index (χ3v) is 5.59. The van der Waals surface area contributed by atoms with Crippen molar-refractivity contribution in [1.82, 2.24) is 19.8 Å². The Bertz CT molecular complexity index is 1190. The Hall–Kier alpha value is -2.68. The van der Waals surface area contributed by atoms with E-state index in [9.17, 15) is 4.79 Å². The molecule has 0 spiro atoms. The van der Waals surface area contributed by atoms with Crippen LogP contribution in [0.2, 0.25) is 10.0 Å². The SMILES string of the molecule is Cc1nnc2sc(-c3ccc(NC(=O)[C@H](C)Oc4ccc(Cl)cc4Cl)cc3)nn12. The van der Waals surface area contributed by atoms with Crippen molar-refractivity contribution in [1.29, 1.82) is 0 Å². The minimum Gasteiger partial charge on any atom is -0.479 e. The average molecular weight is 448 g/mol. The largest absolute Gasteiger partial charge is 0.479 e. The van der Waals surface area contributed by atoms with Crippen LogP contribution in [-0.2, 0) is 4.79 Å². The van der Waals surface area contributed by atoms with E-state index >= 15 is 0 Å². The van der Waals surface area contributed by atoms with E-state index in [1.54, 1.807) is 29.6 Å². The van der Waals surface area contributed by atoms with E-state index < -0.39 is 6.10 Å². The van der Waals surface area contributed by atoms with Gasteiger partial charge in [-0.3, -0.25) is 4.79 Å². The second-order valence-electron chi connectivity index (χ2n) is 6.25. The first-order valence-electron chi connectivity index (χ1n) is 8.62. The lowest BCUT2D eigenvalue weighted by atomic mass is 10.2. The number of aryl methyl sites for hydroxylation is 1. The van der Waals surface area contributed by atoms with Gasteiger partial charge in [-0.05, 0) is 56.3 Å². The molecule has 2 aromatic carbocycles. The Morgan fingerprint density at radius 2 is 1.93 bits per heavy atom. The number of amides is 1. The molecule has 1 N–H and O–H groups in total. The highest BCUT2D eigenvalue weighted by Gasteiger charge is 2.17. The summed E-state index contributed by atoms with van der Waals surface area (Å²) in [6.07, 6.45) is -0.740. The molecule has 0 aliphatic rings. The third-order valence-electron chi connectivity index (χ3n) is 4.11. The number of halogens is 2. The molecule has 0 bridgehead atoms. The smallest absolute Gasteiger partial charge is 0.265 e. The predicted molar refractivity (Wildman–Crippen MR) is 114 cm³/mol. The lowest BCUT2D eigenvalue weighted by Crippen LogP contribution is -2.30. The van der Waals surface area contributed by atoms with E-state index in [2.05, 4.69) is 20.6 Å². The van der Waals surface area contributed by atoms with Crippen molar-refractivity contribution in [2.24, 2.45) is 0 Å². The van der Waals surface area contributed by atoms with Gasteiger partial charge in [0.25, 0.3) is 5.91 Å². The molecule has 7 nitrogen and oxygen atoms in total. The van der Waals surface area contributed by atoms with Crippen LogP contribution in [0, 0.1) is 6.92 Å². The number of hydrogen-bond donors (Lipinski definition) is 1. The van der Waals surface area contributed by atoms with Crippen LogP contribution in [0.3, 0.4) is 0 Å². The molecule has 29 heavy (non-hydrogen) atoms. The van der Waals surface area contributed by atoms with Gasteiger partial charge in [0, 0.05) is 16.3 Å². The summed E-state index contributed by atoms with van der Waals surface area (Å²) in [5.41, 5.74) is 1.57. The summed E-state index contributed by atoms with van der Waals surface area (Å²) < 4.78 is 7.34. The standard InChI is InChI=1S/C19H15Cl2N5O2S/c1-10(28-16-8-5-13(20)9-15(16)21)17(27)22-14-6-3-12(4-7-14)18-25-26-11(2)23-24-19(26)29-18/h3-10H,1-2H3,(H,22,27)/t10-/m0/s1. The van der Waals surface area contributed by atoms with E-state index in [-0.39, 0.29) is 5.91 Å². The van der Waals surface area contributed by atoms with Crippen molar-refractivity contribution in [3.63, 3.8) is 0 Å². The number of nitrogens with zero attached hydrogens (tertiary/aromatic N) is 4. The van der Waals surface area contributed by atoms with Gasteiger partial charge >= 0.3 is 0 Å². The van der Waals surface area contributed by atoms with Crippen molar-refractivity contribution < 1.29 is 9.53 Å². The molecule has 0 saturated heterocycles. The van der Waals surface area contributed by atoms with Gasteiger partial charge < -0.3 is 10.1 Å². The molecular formula is C19H15Cl2N5O2S. The Balaban J connectivity index is 1.43. The molecule has 148 valence electrons. The van der Waals surface area contributed by atoms with E-state index in [4.69, 9.17) is 27.9 Å². The van der Waals surface area contributed by atoms with Gasteiger partial charge in [-0.25, -0.2) is 0 Å². The second kappa shape index (κ2) is 7.98. The molecule has 0 fully saturated rings. The summed E-state index contributed by atoms with van der Waals surface area (Å²) in [6.45, 7) is 3.50. The molecule has 1 amide bonds. The van der Waals surface area contributed by atoms with Crippen LogP contribution in [0.5, 0.6) is 5.75 Å². The fourth-order valence-corrected chi connectivity index (χ4v) is 3.93. The summed E-state index contributed by atoms with van der Waals surface area (Å²) in [6, 6.07) is 12.2. The molecule has 2 aromatic heterocycles. The quantitative estimate of drug-likeness (QED) is 0.471. The maximum absolute atomic E-state index is 12.4. The lowest BCUT2D eigenvalue weighted by molar-refractivity contribution is -0.122. The maximum atomic E-state index is 12.4. The summed E-state index contributed by atoms with van der Waals surface area (Å²) in [5, 5.41) is 17.0. The molecule has 2 heterocycles. The number of hydrogen-bond acceptors (Lipinski definition) is 6. The highest BCUT2D eigenvalue weighted by molar-refractivity contribution is 7.19. The molecule has 0 saturated carbocycles. The number of ether oxygens (including phenoxy) is 1. The van der Waals surface area contributed by atoms with Gasteiger partial charge in [0.2, 0.25) is 4.96 Å². The zero-order valence-electron chi connectivity index (χ0n) is 15.4. The van der Waals surface area contributed by atoms with Crippen LogP contribution in [0.1, 0.15) is 12.7 Å². The first kappa shape index (κ1) is 19.6. The van der Waals surface area contributed by atoms with Crippen LogP contribution in [0.25, 0.3) is 15.5 Å². The van der Waals surface area contributed by atoms with Gasteiger partial charge in [0.05, 0.1) is 5.02 Å². The van der Waals surface area contributed by atoms with Crippen LogP contribution < -0.4 is 10.1 Å². The van der Waals surface area contributed by atoms with Crippen LogP contribution in [0.15, 0.2) is 42.5 Å². The van der Waals surface area contributed by atoms with E-state index in [0.717, 1.165) is 21.4 Å². The maximum Gasteiger partial charge on any atom is 0.265 e. The topological polar surface area (TPSA) is 81.4 Å². The number of carbonyl (C=O) groups excluding carboxylic acids is 1. The molecule has 1 atom stereocenters. The summed E-state index contributed by atoms with van der Waals surface area (Å²) >= 11 is 13.4. The fraction of sp³-hybridized carbons (Fsp3) is 0.158. The molecule has 0 aliphatic heterocycles. The monoisotopic (exact) mass is 447 g/mol. The Morgan fingerprint density at radius 1 is 1.17 bits per heavy atom. The fourth-order valence-electron chi connectivity index (χ4n) is 2.59. The van der Waals surface area contributed by atoms with E-state index in [0.29, 0.717) is 21.5 Å². The first-order chi connectivity index (χ1) is 13.9. The summed E-state index contributed by atoms with van der Waals surface area (Å²) in [4.78, 5) is 13.2. The van der Waals surface area contributed by atoms with Crippen molar-refractivity contribution in [3.05, 3.63) is 58.3 Å². The first-order valence-corrected chi connectivity index (χ1v) is 10.2. The van der Waals surface area contributed by atoms with Crippen LogP contribution >= 0.6 is 34.5 Å². The Morgan fingerprint density at radius 3 is 2.62 bits per heavy atom. The molecule has 0 unspecified atom stereocenters. The van der Waals surface area contributed by atoms with Gasteiger partial charge in [-0.2, -0.15) is 9.61 Å². The number of rotatable bonds is 5. The van der Waals surface area contributed by atoms with E-state index in [1.807, 2.05) is 31.2 Å². The molecule has 4 aromatic rings. The van der Waals surface area contributed by atoms with Crippen LogP contribution in [-0.4, -0.2) is 31.8 Å². The number of carbonyl (C=O) groups is 1. The van der Waals surface area contributed by atoms with Gasteiger partial charge in [-0.1, -0.05) is 34.5 Å². The van der Waals surface area contributed by atoms with Crippen molar-refractivity contribution >= 4 is 51.1 Å². The second-order valence-corrected chi connectivity index (χ2v) is 8.05. The zero-order valence-corrected chi connectivity index (χ0v) is 17.7. The highest BCUT2D eigenvalue weighted by Crippen LogP contribution is 2.29. The molecule has 4 rings (SSSR count). The predicted octanol–water partition coefficient (Wildman–Crippen LogP) is 4.87. The molecule has 0 radical (unpaired) electrons. The molecule has 10 heteroatoms. The molecule has 0 aliphatic carbocycles. The number of fused-ring (bicyclic) bond motifs is 1. The minimum absolute atomic E-state index is 0.293. The third kappa shape index (κ3) is 4.19. The summed E-state index contributed by atoms with van der Waals surface area (Å²) in [7, 11) is 0. The lowest BCUT2D eigenvalue weighted by Gasteiger charge is -2.16. The highest BCUT2D eigenvalue weighted by atomic mass is 35.5. The number of anilines is 1. The zero-order chi connectivity index (χ0) is 20.5. The molecular weight excluding hydrogens is 433 g/mol. The van der Waals surface area contributed by atoms with Gasteiger partial charge in [0.1, 0.15) is 10.8 Å². The Labute approximate surface area is 180 Å². The van der Waals surface area contributed by atoms with Crippen molar-refractivity contribution in [2.75, 3.05) is 5.32 Å². The van der Waals surface area contributed by atoms with E-state index in [1.165, 1.54) is 11.3 Å². The van der Waals surface area contributed by atoms with Crippen molar-refractivity contribution in [3.8, 4) is 16.3 Å². The minimum atomic E-state index is -0.740. The average Bonchev–Trinajstić information content (AvgIpc) is 3.27. The normalized spacial score (nSPS) is 12.1. The number of nitrogens with one attached hydrogen (secondary N) is 1. The number of aromatic nitrogens is 4.